The standard InChI is InChI=1S/C13H15N5O/c14-9-2-1-3-10(6-9)15-13(19)16-12-7-11(17-18-12)8-4-5-8/h1-3,6-8H,4-5,14H2,(H3,15,16,17,18,19). The van der Waals surface area contributed by atoms with Crippen molar-refractivity contribution >= 4 is 23.2 Å². The summed E-state index contributed by atoms with van der Waals surface area (Å²) in [5.74, 6) is 1.16. The van der Waals surface area contributed by atoms with Gasteiger partial charge in [-0.25, -0.2) is 4.79 Å². The summed E-state index contributed by atoms with van der Waals surface area (Å²) in [5.41, 5.74) is 7.91. The summed E-state index contributed by atoms with van der Waals surface area (Å²) < 4.78 is 0. The van der Waals surface area contributed by atoms with E-state index in [2.05, 4.69) is 20.8 Å². The van der Waals surface area contributed by atoms with Gasteiger partial charge in [-0.3, -0.25) is 10.4 Å². The van der Waals surface area contributed by atoms with Gasteiger partial charge in [0, 0.05) is 23.4 Å². The third kappa shape index (κ3) is 2.85. The minimum Gasteiger partial charge on any atom is -0.399 e. The Morgan fingerprint density at radius 1 is 1.32 bits per heavy atom. The van der Waals surface area contributed by atoms with E-state index in [-0.39, 0.29) is 6.03 Å². The molecule has 1 aliphatic rings. The van der Waals surface area contributed by atoms with Crippen LogP contribution in [0.3, 0.4) is 0 Å². The first-order chi connectivity index (χ1) is 9.20. The summed E-state index contributed by atoms with van der Waals surface area (Å²) >= 11 is 0. The van der Waals surface area contributed by atoms with Crippen LogP contribution < -0.4 is 16.4 Å². The number of carbonyl (C=O) groups is 1. The summed E-state index contributed by atoms with van der Waals surface area (Å²) in [4.78, 5) is 11.8. The Labute approximate surface area is 110 Å². The van der Waals surface area contributed by atoms with Crippen molar-refractivity contribution in [2.24, 2.45) is 0 Å². The predicted molar refractivity (Wildman–Crippen MR) is 74.1 cm³/mol. The van der Waals surface area contributed by atoms with Crippen LogP contribution in [0.4, 0.5) is 22.0 Å². The lowest BCUT2D eigenvalue weighted by molar-refractivity contribution is 0.262. The van der Waals surface area contributed by atoms with E-state index in [1.54, 1.807) is 24.3 Å². The molecule has 1 aromatic heterocycles. The molecule has 1 heterocycles. The topological polar surface area (TPSA) is 95.8 Å². The SMILES string of the molecule is Nc1cccc(NC(=O)Nc2cc(C3CC3)n[nH]2)c1. The molecule has 0 saturated heterocycles. The predicted octanol–water partition coefficient (Wildman–Crippen LogP) is 2.51. The summed E-state index contributed by atoms with van der Waals surface area (Å²) in [5, 5.41) is 12.4. The minimum absolute atomic E-state index is 0.323. The smallest absolute Gasteiger partial charge is 0.324 e. The summed E-state index contributed by atoms with van der Waals surface area (Å²) in [6.45, 7) is 0. The van der Waals surface area contributed by atoms with E-state index < -0.39 is 0 Å². The zero-order valence-corrected chi connectivity index (χ0v) is 10.3. The van der Waals surface area contributed by atoms with Crippen LogP contribution in [0.15, 0.2) is 30.3 Å². The summed E-state index contributed by atoms with van der Waals surface area (Å²) in [6, 6.07) is 8.57. The molecule has 0 unspecified atom stereocenters. The molecular weight excluding hydrogens is 242 g/mol. The lowest BCUT2D eigenvalue weighted by Gasteiger charge is -2.06. The average Bonchev–Trinajstić information content (AvgIpc) is 3.11. The van der Waals surface area contributed by atoms with Crippen LogP contribution in [-0.2, 0) is 0 Å². The Kier molecular flexibility index (Phi) is 2.83. The first kappa shape index (κ1) is 11.6. The van der Waals surface area contributed by atoms with Crippen molar-refractivity contribution < 1.29 is 4.79 Å². The zero-order chi connectivity index (χ0) is 13.2. The van der Waals surface area contributed by atoms with E-state index in [1.807, 2.05) is 6.07 Å². The van der Waals surface area contributed by atoms with Crippen LogP contribution in [0.5, 0.6) is 0 Å². The van der Waals surface area contributed by atoms with Crippen molar-refractivity contribution in [3.63, 3.8) is 0 Å². The summed E-state index contributed by atoms with van der Waals surface area (Å²) in [6.07, 6.45) is 2.36. The van der Waals surface area contributed by atoms with E-state index in [1.165, 1.54) is 12.8 Å². The number of hydrogen-bond donors (Lipinski definition) is 4. The van der Waals surface area contributed by atoms with Gasteiger partial charge in [-0.05, 0) is 31.0 Å². The molecule has 5 N–H and O–H groups in total. The van der Waals surface area contributed by atoms with Gasteiger partial charge in [0.05, 0.1) is 5.69 Å². The molecule has 0 aliphatic heterocycles. The van der Waals surface area contributed by atoms with E-state index >= 15 is 0 Å². The van der Waals surface area contributed by atoms with Gasteiger partial charge in [-0.2, -0.15) is 5.10 Å². The van der Waals surface area contributed by atoms with E-state index in [0.29, 0.717) is 23.1 Å². The number of nitrogen functional groups attached to an aromatic ring is 1. The Bertz CT molecular complexity index is 603. The molecular formula is C13H15N5O. The second-order valence-corrected chi connectivity index (χ2v) is 4.69. The van der Waals surface area contributed by atoms with Crippen molar-refractivity contribution in [3.05, 3.63) is 36.0 Å². The molecule has 1 aliphatic carbocycles. The van der Waals surface area contributed by atoms with Crippen molar-refractivity contribution in [3.8, 4) is 0 Å². The molecule has 6 nitrogen and oxygen atoms in total. The Balaban J connectivity index is 1.61. The Morgan fingerprint density at radius 2 is 2.16 bits per heavy atom. The molecule has 1 aromatic carbocycles. The molecule has 98 valence electrons. The number of amides is 2. The molecule has 2 amide bonds. The van der Waals surface area contributed by atoms with Crippen LogP contribution in [0, 0.1) is 0 Å². The number of nitrogens with two attached hydrogens (primary N) is 1. The number of nitrogens with zero attached hydrogens (tertiary/aromatic N) is 1. The highest BCUT2D eigenvalue weighted by Crippen LogP contribution is 2.39. The third-order valence-corrected chi connectivity index (χ3v) is 2.99. The van der Waals surface area contributed by atoms with Crippen LogP contribution in [-0.4, -0.2) is 16.2 Å². The third-order valence-electron chi connectivity index (χ3n) is 2.99. The number of aromatic amines is 1. The molecule has 0 radical (unpaired) electrons. The van der Waals surface area contributed by atoms with Crippen LogP contribution in [0.2, 0.25) is 0 Å². The molecule has 3 rings (SSSR count). The maximum absolute atomic E-state index is 11.8. The Hall–Kier alpha value is -2.50. The number of nitrogens with one attached hydrogen (secondary N) is 3. The van der Waals surface area contributed by atoms with E-state index in [9.17, 15) is 4.79 Å². The van der Waals surface area contributed by atoms with E-state index in [4.69, 9.17) is 5.73 Å². The van der Waals surface area contributed by atoms with Crippen LogP contribution >= 0.6 is 0 Å². The van der Waals surface area contributed by atoms with Crippen molar-refractivity contribution in [2.45, 2.75) is 18.8 Å². The quantitative estimate of drug-likeness (QED) is 0.636. The van der Waals surface area contributed by atoms with Gasteiger partial charge < -0.3 is 11.1 Å². The number of H-pyrrole nitrogens is 1. The molecule has 1 fully saturated rings. The normalized spacial score (nSPS) is 14.1. The highest BCUT2D eigenvalue weighted by molar-refractivity contribution is 5.99. The fourth-order valence-electron chi connectivity index (χ4n) is 1.89. The van der Waals surface area contributed by atoms with Crippen molar-refractivity contribution in [1.82, 2.24) is 10.2 Å². The molecule has 0 spiro atoms. The summed E-state index contributed by atoms with van der Waals surface area (Å²) in [7, 11) is 0. The number of rotatable bonds is 3. The molecule has 0 bridgehead atoms. The van der Waals surface area contributed by atoms with Gasteiger partial charge in [0.1, 0.15) is 5.82 Å². The molecule has 2 aromatic rings. The fraction of sp³-hybridized carbons (Fsp3) is 0.231. The average molecular weight is 257 g/mol. The second kappa shape index (κ2) is 4.64. The van der Waals surface area contributed by atoms with E-state index in [0.717, 1.165) is 5.69 Å². The number of urea groups is 1. The van der Waals surface area contributed by atoms with Crippen LogP contribution in [0.25, 0.3) is 0 Å². The monoisotopic (exact) mass is 257 g/mol. The highest BCUT2D eigenvalue weighted by Gasteiger charge is 2.26. The number of anilines is 3. The minimum atomic E-state index is -0.323. The van der Waals surface area contributed by atoms with Gasteiger partial charge in [-0.15, -0.1) is 0 Å². The number of hydrogen-bond acceptors (Lipinski definition) is 3. The maximum atomic E-state index is 11.8. The molecule has 19 heavy (non-hydrogen) atoms. The number of aromatic nitrogens is 2. The lowest BCUT2D eigenvalue weighted by Crippen LogP contribution is -2.19. The fourth-order valence-corrected chi connectivity index (χ4v) is 1.89. The first-order valence-corrected chi connectivity index (χ1v) is 6.19. The van der Waals surface area contributed by atoms with Gasteiger partial charge in [0.25, 0.3) is 0 Å². The number of carbonyl (C=O) groups excluding carboxylic acids is 1. The van der Waals surface area contributed by atoms with Crippen LogP contribution in [0.1, 0.15) is 24.5 Å². The van der Waals surface area contributed by atoms with Gasteiger partial charge in [0.2, 0.25) is 0 Å². The highest BCUT2D eigenvalue weighted by atomic mass is 16.2. The number of benzene rings is 1. The first-order valence-electron chi connectivity index (χ1n) is 6.19. The van der Waals surface area contributed by atoms with Crippen molar-refractivity contribution in [2.75, 3.05) is 16.4 Å². The van der Waals surface area contributed by atoms with Gasteiger partial charge in [0.15, 0.2) is 0 Å². The molecule has 0 atom stereocenters. The molecule has 1 saturated carbocycles. The maximum Gasteiger partial charge on any atom is 0.324 e. The van der Waals surface area contributed by atoms with Crippen molar-refractivity contribution in [1.29, 1.82) is 0 Å². The van der Waals surface area contributed by atoms with Gasteiger partial charge in [-0.1, -0.05) is 6.07 Å². The lowest BCUT2D eigenvalue weighted by atomic mass is 10.3. The molecule has 6 heteroatoms. The Morgan fingerprint density at radius 3 is 2.89 bits per heavy atom. The zero-order valence-electron chi connectivity index (χ0n) is 10.3. The second-order valence-electron chi connectivity index (χ2n) is 4.69. The largest absolute Gasteiger partial charge is 0.399 e. The van der Waals surface area contributed by atoms with Gasteiger partial charge >= 0.3 is 6.03 Å².